The summed E-state index contributed by atoms with van der Waals surface area (Å²) in [5.41, 5.74) is 2.14. The maximum atomic E-state index is 12.8. The average Bonchev–Trinajstić information content (AvgIpc) is 3.03. The summed E-state index contributed by atoms with van der Waals surface area (Å²) in [7, 11) is 0. The van der Waals surface area contributed by atoms with Crippen LogP contribution in [0.2, 0.25) is 0 Å². The zero-order valence-electron chi connectivity index (χ0n) is 14.8. The Morgan fingerprint density at radius 1 is 1.19 bits per heavy atom. The fourth-order valence-corrected chi connectivity index (χ4v) is 2.85. The van der Waals surface area contributed by atoms with Crippen molar-refractivity contribution in [1.82, 2.24) is 20.1 Å². The van der Waals surface area contributed by atoms with Gasteiger partial charge in [-0.15, -0.1) is 0 Å². The highest BCUT2D eigenvalue weighted by atomic mass is 16.4. The van der Waals surface area contributed by atoms with Crippen molar-refractivity contribution < 1.29 is 14.7 Å². The number of pyridine rings is 1. The van der Waals surface area contributed by atoms with Crippen molar-refractivity contribution in [2.45, 2.75) is 32.9 Å². The van der Waals surface area contributed by atoms with Gasteiger partial charge in [0.15, 0.2) is 11.7 Å². The average molecular weight is 352 g/mol. The van der Waals surface area contributed by atoms with Crippen LogP contribution in [0.4, 0.5) is 0 Å². The monoisotopic (exact) mass is 352 g/mol. The SMILES string of the molecule is Cc1cc(C(=O)NC(C(=O)O)c2ccccc2)c2cnn(C(C)C)c2n1. The second kappa shape index (κ2) is 6.95. The third-order valence-electron chi connectivity index (χ3n) is 4.08. The first-order valence-electron chi connectivity index (χ1n) is 8.32. The summed E-state index contributed by atoms with van der Waals surface area (Å²) in [5.74, 6) is -1.59. The summed E-state index contributed by atoms with van der Waals surface area (Å²) in [4.78, 5) is 29.0. The fraction of sp³-hybridized carbons (Fsp3) is 0.263. The van der Waals surface area contributed by atoms with Crippen molar-refractivity contribution in [3.8, 4) is 0 Å². The molecule has 1 amide bonds. The highest BCUT2D eigenvalue weighted by Gasteiger charge is 2.24. The van der Waals surface area contributed by atoms with Gasteiger partial charge in [0.2, 0.25) is 0 Å². The first kappa shape index (κ1) is 17.6. The van der Waals surface area contributed by atoms with E-state index in [0.717, 1.165) is 0 Å². The predicted molar refractivity (Wildman–Crippen MR) is 96.9 cm³/mol. The quantitative estimate of drug-likeness (QED) is 0.736. The predicted octanol–water partition coefficient (Wildman–Crippen LogP) is 2.88. The number of benzene rings is 1. The highest BCUT2D eigenvalue weighted by molar-refractivity contribution is 6.06. The lowest BCUT2D eigenvalue weighted by molar-refractivity contribution is -0.139. The second-order valence-corrected chi connectivity index (χ2v) is 6.39. The standard InChI is InChI=1S/C19H20N4O3/c1-11(2)23-17-15(10-20-23)14(9-12(3)21-17)18(24)22-16(19(25)26)13-7-5-4-6-8-13/h4-11,16H,1-3H3,(H,22,24)(H,25,26). The van der Waals surface area contributed by atoms with Crippen molar-refractivity contribution in [2.75, 3.05) is 0 Å². The summed E-state index contributed by atoms with van der Waals surface area (Å²) in [6, 6.07) is 9.21. The number of aryl methyl sites for hydroxylation is 1. The molecule has 0 aliphatic rings. The molecule has 0 bridgehead atoms. The number of rotatable bonds is 5. The van der Waals surface area contributed by atoms with Crippen molar-refractivity contribution in [2.24, 2.45) is 0 Å². The van der Waals surface area contributed by atoms with Crippen LogP contribution >= 0.6 is 0 Å². The third-order valence-corrected chi connectivity index (χ3v) is 4.08. The van der Waals surface area contributed by atoms with Gasteiger partial charge >= 0.3 is 5.97 Å². The zero-order valence-corrected chi connectivity index (χ0v) is 14.8. The molecule has 0 aliphatic heterocycles. The Morgan fingerprint density at radius 3 is 2.50 bits per heavy atom. The number of aromatic nitrogens is 3. The first-order chi connectivity index (χ1) is 12.4. The largest absolute Gasteiger partial charge is 0.479 e. The van der Waals surface area contributed by atoms with Gasteiger partial charge in [0, 0.05) is 11.7 Å². The van der Waals surface area contributed by atoms with Crippen LogP contribution < -0.4 is 5.32 Å². The number of carbonyl (C=O) groups excluding carboxylic acids is 1. The number of carbonyl (C=O) groups is 2. The Kier molecular flexibility index (Phi) is 4.71. The van der Waals surface area contributed by atoms with Gasteiger partial charge in [-0.2, -0.15) is 5.10 Å². The third kappa shape index (κ3) is 3.28. The number of amides is 1. The molecule has 26 heavy (non-hydrogen) atoms. The van der Waals surface area contributed by atoms with E-state index in [2.05, 4.69) is 15.4 Å². The zero-order chi connectivity index (χ0) is 18.8. The molecule has 1 atom stereocenters. The molecule has 0 fully saturated rings. The Hall–Kier alpha value is -3.22. The normalized spacial score (nSPS) is 12.3. The molecule has 134 valence electrons. The number of nitrogens with zero attached hydrogens (tertiary/aromatic N) is 3. The van der Waals surface area contributed by atoms with E-state index in [4.69, 9.17) is 0 Å². The topological polar surface area (TPSA) is 97.1 Å². The van der Waals surface area contributed by atoms with Gasteiger partial charge in [-0.3, -0.25) is 4.79 Å². The van der Waals surface area contributed by atoms with Gasteiger partial charge in [0.1, 0.15) is 0 Å². The summed E-state index contributed by atoms with van der Waals surface area (Å²) in [5, 5.41) is 17.0. The van der Waals surface area contributed by atoms with E-state index < -0.39 is 17.9 Å². The molecule has 1 unspecified atom stereocenters. The lowest BCUT2D eigenvalue weighted by atomic mass is 10.1. The Bertz CT molecular complexity index is 964. The number of fused-ring (bicyclic) bond motifs is 1. The molecular formula is C19H20N4O3. The van der Waals surface area contributed by atoms with E-state index in [9.17, 15) is 14.7 Å². The maximum Gasteiger partial charge on any atom is 0.330 e. The van der Waals surface area contributed by atoms with Crippen LogP contribution in [0.3, 0.4) is 0 Å². The molecule has 1 aromatic carbocycles. The van der Waals surface area contributed by atoms with E-state index in [1.54, 1.807) is 54.2 Å². The molecule has 0 spiro atoms. The second-order valence-electron chi connectivity index (χ2n) is 6.39. The van der Waals surface area contributed by atoms with E-state index in [1.807, 2.05) is 13.8 Å². The minimum absolute atomic E-state index is 0.0915. The van der Waals surface area contributed by atoms with E-state index >= 15 is 0 Å². The van der Waals surface area contributed by atoms with Crippen molar-refractivity contribution in [1.29, 1.82) is 0 Å². The Balaban J connectivity index is 2.01. The number of carboxylic acids is 1. The van der Waals surface area contributed by atoms with E-state index in [1.165, 1.54) is 0 Å². The summed E-state index contributed by atoms with van der Waals surface area (Å²) >= 11 is 0. The van der Waals surface area contributed by atoms with Crippen LogP contribution in [0.5, 0.6) is 0 Å². The summed E-state index contributed by atoms with van der Waals surface area (Å²) in [6.45, 7) is 5.75. The molecule has 0 saturated carbocycles. The molecule has 0 radical (unpaired) electrons. The summed E-state index contributed by atoms with van der Waals surface area (Å²) in [6.07, 6.45) is 1.59. The molecular weight excluding hydrogens is 332 g/mol. The van der Waals surface area contributed by atoms with Gasteiger partial charge in [-0.25, -0.2) is 14.5 Å². The minimum Gasteiger partial charge on any atom is -0.479 e. The number of carboxylic acid groups (broad SMARTS) is 1. The molecule has 7 nitrogen and oxygen atoms in total. The van der Waals surface area contributed by atoms with Crippen molar-refractivity contribution >= 4 is 22.9 Å². The smallest absolute Gasteiger partial charge is 0.330 e. The van der Waals surface area contributed by atoms with Crippen molar-refractivity contribution in [3.63, 3.8) is 0 Å². The van der Waals surface area contributed by atoms with Crippen LogP contribution in [0.15, 0.2) is 42.6 Å². The Labute approximate surface area is 150 Å². The molecule has 0 aliphatic carbocycles. The van der Waals surface area contributed by atoms with Crippen LogP contribution in [0.25, 0.3) is 11.0 Å². The minimum atomic E-state index is -1.13. The highest BCUT2D eigenvalue weighted by Crippen LogP contribution is 2.22. The molecule has 3 rings (SSSR count). The number of aliphatic carboxylic acids is 1. The molecule has 7 heteroatoms. The molecule has 2 heterocycles. The van der Waals surface area contributed by atoms with Crippen LogP contribution in [0, 0.1) is 6.92 Å². The molecule has 0 saturated heterocycles. The van der Waals surface area contributed by atoms with Gasteiger partial charge in [0.25, 0.3) is 5.91 Å². The lowest BCUT2D eigenvalue weighted by Gasteiger charge is -2.15. The Morgan fingerprint density at radius 2 is 1.88 bits per heavy atom. The van der Waals surface area contributed by atoms with Gasteiger partial charge < -0.3 is 10.4 Å². The van der Waals surface area contributed by atoms with Gasteiger partial charge in [-0.1, -0.05) is 30.3 Å². The first-order valence-corrected chi connectivity index (χ1v) is 8.32. The number of hydrogen-bond donors (Lipinski definition) is 2. The fourth-order valence-electron chi connectivity index (χ4n) is 2.85. The van der Waals surface area contributed by atoms with Crippen LogP contribution in [0.1, 0.15) is 47.5 Å². The van der Waals surface area contributed by atoms with Crippen LogP contribution in [-0.4, -0.2) is 31.7 Å². The van der Waals surface area contributed by atoms with E-state index in [-0.39, 0.29) is 6.04 Å². The number of hydrogen-bond acceptors (Lipinski definition) is 4. The molecule has 2 N–H and O–H groups in total. The summed E-state index contributed by atoms with van der Waals surface area (Å²) < 4.78 is 1.74. The molecule has 3 aromatic rings. The maximum absolute atomic E-state index is 12.8. The van der Waals surface area contributed by atoms with Crippen LogP contribution in [-0.2, 0) is 4.79 Å². The van der Waals surface area contributed by atoms with Gasteiger partial charge in [-0.05, 0) is 32.4 Å². The number of nitrogens with one attached hydrogen (secondary N) is 1. The molecule has 2 aromatic heterocycles. The van der Waals surface area contributed by atoms with Gasteiger partial charge in [0.05, 0.1) is 17.1 Å². The van der Waals surface area contributed by atoms with Crippen molar-refractivity contribution in [3.05, 3.63) is 59.4 Å². The lowest BCUT2D eigenvalue weighted by Crippen LogP contribution is -2.33. The van der Waals surface area contributed by atoms with E-state index in [0.29, 0.717) is 27.9 Å².